The van der Waals surface area contributed by atoms with E-state index in [0.717, 1.165) is 42.6 Å². The highest BCUT2D eigenvalue weighted by atomic mass is 32.2. The standard InChI is InChI=1S/C20H21N3O2S/c24-23(25)20-15-19(17-11-5-6-12-18(17)22-20)21-13-7-2-8-14-26-16-9-3-1-4-10-16/h1,3-6,9-12,15H,2,7-8,13-14H2,(H,21,22). The Morgan fingerprint density at radius 2 is 1.77 bits per heavy atom. The molecule has 5 nitrogen and oxygen atoms in total. The van der Waals surface area contributed by atoms with E-state index in [1.54, 1.807) is 6.07 Å². The van der Waals surface area contributed by atoms with Crippen LogP contribution in [0.2, 0.25) is 0 Å². The first-order valence-corrected chi connectivity index (χ1v) is 9.68. The third-order valence-corrected chi connectivity index (χ3v) is 5.14. The van der Waals surface area contributed by atoms with Gasteiger partial charge in [0.15, 0.2) is 5.52 Å². The van der Waals surface area contributed by atoms with Gasteiger partial charge in [0.2, 0.25) is 0 Å². The molecule has 0 radical (unpaired) electrons. The largest absolute Gasteiger partial charge is 0.384 e. The highest BCUT2D eigenvalue weighted by Crippen LogP contribution is 2.26. The predicted octanol–water partition coefficient (Wildman–Crippen LogP) is 5.52. The van der Waals surface area contributed by atoms with Crippen LogP contribution in [0.5, 0.6) is 0 Å². The van der Waals surface area contributed by atoms with Crippen molar-refractivity contribution in [3.8, 4) is 0 Å². The van der Waals surface area contributed by atoms with Gasteiger partial charge in [0, 0.05) is 16.8 Å². The zero-order valence-electron chi connectivity index (χ0n) is 14.4. The van der Waals surface area contributed by atoms with Crippen LogP contribution in [0.25, 0.3) is 10.9 Å². The van der Waals surface area contributed by atoms with Gasteiger partial charge >= 0.3 is 5.82 Å². The maximum absolute atomic E-state index is 11.1. The summed E-state index contributed by atoms with van der Waals surface area (Å²) in [6.45, 7) is 0.793. The van der Waals surface area contributed by atoms with Crippen molar-refractivity contribution in [2.24, 2.45) is 0 Å². The molecule has 0 atom stereocenters. The fourth-order valence-corrected chi connectivity index (χ4v) is 3.67. The highest BCUT2D eigenvalue weighted by molar-refractivity contribution is 7.99. The molecule has 2 aromatic carbocycles. The molecular weight excluding hydrogens is 346 g/mol. The van der Waals surface area contributed by atoms with E-state index < -0.39 is 4.92 Å². The lowest BCUT2D eigenvalue weighted by molar-refractivity contribution is -0.389. The minimum atomic E-state index is -0.446. The maximum atomic E-state index is 11.1. The Kier molecular flexibility index (Phi) is 6.44. The molecule has 0 aliphatic rings. The summed E-state index contributed by atoms with van der Waals surface area (Å²) < 4.78 is 0. The van der Waals surface area contributed by atoms with Crippen LogP contribution >= 0.6 is 11.8 Å². The lowest BCUT2D eigenvalue weighted by Crippen LogP contribution is -2.04. The minimum absolute atomic E-state index is 0.120. The van der Waals surface area contributed by atoms with Gasteiger partial charge in [0.05, 0.1) is 11.8 Å². The van der Waals surface area contributed by atoms with E-state index in [0.29, 0.717) is 5.52 Å². The summed E-state index contributed by atoms with van der Waals surface area (Å²) in [6, 6.07) is 19.4. The lowest BCUT2D eigenvalue weighted by atomic mass is 10.1. The number of hydrogen-bond acceptors (Lipinski definition) is 5. The predicted molar refractivity (Wildman–Crippen MR) is 108 cm³/mol. The molecule has 0 spiro atoms. The molecule has 134 valence electrons. The van der Waals surface area contributed by atoms with Crippen molar-refractivity contribution in [2.75, 3.05) is 17.6 Å². The monoisotopic (exact) mass is 367 g/mol. The maximum Gasteiger partial charge on any atom is 0.366 e. The average molecular weight is 367 g/mol. The van der Waals surface area contributed by atoms with E-state index >= 15 is 0 Å². The molecule has 0 aliphatic heterocycles. The number of thioether (sulfide) groups is 1. The summed E-state index contributed by atoms with van der Waals surface area (Å²) in [7, 11) is 0. The van der Waals surface area contributed by atoms with Crippen LogP contribution in [0.1, 0.15) is 19.3 Å². The number of fused-ring (bicyclic) bond motifs is 1. The van der Waals surface area contributed by atoms with Gasteiger partial charge in [-0.05, 0) is 52.8 Å². The number of aromatic nitrogens is 1. The molecule has 1 aromatic heterocycles. The summed E-state index contributed by atoms with van der Waals surface area (Å²) >= 11 is 1.88. The van der Waals surface area contributed by atoms with Crippen molar-refractivity contribution in [1.82, 2.24) is 4.98 Å². The van der Waals surface area contributed by atoms with Gasteiger partial charge < -0.3 is 15.4 Å². The van der Waals surface area contributed by atoms with E-state index in [1.165, 1.54) is 11.0 Å². The summed E-state index contributed by atoms with van der Waals surface area (Å²) in [5.41, 5.74) is 1.42. The van der Waals surface area contributed by atoms with Crippen molar-refractivity contribution in [1.29, 1.82) is 0 Å². The van der Waals surface area contributed by atoms with Crippen LogP contribution in [-0.4, -0.2) is 22.2 Å². The number of para-hydroxylation sites is 1. The number of benzene rings is 2. The Hall–Kier alpha value is -2.60. The van der Waals surface area contributed by atoms with Gasteiger partial charge in [-0.1, -0.05) is 36.8 Å². The second-order valence-corrected chi connectivity index (χ2v) is 7.12. The number of nitrogens with zero attached hydrogens (tertiary/aromatic N) is 2. The van der Waals surface area contributed by atoms with Crippen molar-refractivity contribution < 1.29 is 4.92 Å². The van der Waals surface area contributed by atoms with E-state index in [4.69, 9.17) is 0 Å². The molecule has 0 saturated carbocycles. The molecule has 0 unspecified atom stereocenters. The Labute approximate surface area is 157 Å². The van der Waals surface area contributed by atoms with Gasteiger partial charge in [-0.15, -0.1) is 11.8 Å². The van der Waals surface area contributed by atoms with E-state index in [1.807, 2.05) is 36.0 Å². The van der Waals surface area contributed by atoms with Crippen LogP contribution in [-0.2, 0) is 0 Å². The zero-order chi connectivity index (χ0) is 18.2. The first kappa shape index (κ1) is 18.2. The summed E-state index contributed by atoms with van der Waals surface area (Å²) in [5, 5.41) is 15.3. The molecule has 0 aliphatic carbocycles. The fraction of sp³-hybridized carbons (Fsp3) is 0.250. The number of nitro groups is 1. The number of nitrogens with one attached hydrogen (secondary N) is 1. The molecular formula is C20H21N3O2S. The average Bonchev–Trinajstić information content (AvgIpc) is 2.67. The molecule has 3 aromatic rings. The molecule has 6 heteroatoms. The molecule has 0 bridgehead atoms. The van der Waals surface area contributed by atoms with Gasteiger partial charge in [-0.3, -0.25) is 0 Å². The molecule has 1 N–H and O–H groups in total. The van der Waals surface area contributed by atoms with Gasteiger partial charge in [0.25, 0.3) is 0 Å². The van der Waals surface area contributed by atoms with Crippen molar-refractivity contribution >= 4 is 34.2 Å². The van der Waals surface area contributed by atoms with Gasteiger partial charge in [0.1, 0.15) is 0 Å². The van der Waals surface area contributed by atoms with Crippen LogP contribution in [0, 0.1) is 10.1 Å². The Bertz CT molecular complexity index is 871. The quantitative estimate of drug-likeness (QED) is 0.233. The Morgan fingerprint density at radius 3 is 2.58 bits per heavy atom. The van der Waals surface area contributed by atoms with Crippen molar-refractivity contribution in [2.45, 2.75) is 24.2 Å². The van der Waals surface area contributed by atoms with Crippen LogP contribution in [0.15, 0.2) is 65.6 Å². The topological polar surface area (TPSA) is 68.1 Å². The number of rotatable bonds is 9. The van der Waals surface area contributed by atoms with Crippen LogP contribution in [0.3, 0.4) is 0 Å². The van der Waals surface area contributed by atoms with Crippen LogP contribution < -0.4 is 5.32 Å². The fourth-order valence-electron chi connectivity index (χ4n) is 2.73. The molecule has 0 amide bonds. The number of pyridine rings is 1. The lowest BCUT2D eigenvalue weighted by Gasteiger charge is -2.08. The molecule has 26 heavy (non-hydrogen) atoms. The molecule has 0 saturated heterocycles. The summed E-state index contributed by atoms with van der Waals surface area (Å²) in [5.74, 6) is 0.985. The second kappa shape index (κ2) is 9.20. The SMILES string of the molecule is O=[N+]([O-])c1cc(NCCCCCSc2ccccc2)c2ccccc2n1. The third-order valence-electron chi connectivity index (χ3n) is 4.04. The molecule has 0 fully saturated rings. The minimum Gasteiger partial charge on any atom is -0.384 e. The smallest absolute Gasteiger partial charge is 0.366 e. The second-order valence-electron chi connectivity index (χ2n) is 5.95. The number of hydrogen-bond donors (Lipinski definition) is 1. The van der Waals surface area contributed by atoms with Gasteiger partial charge in [-0.25, -0.2) is 0 Å². The zero-order valence-corrected chi connectivity index (χ0v) is 15.2. The normalized spacial score (nSPS) is 10.8. The van der Waals surface area contributed by atoms with E-state index in [-0.39, 0.29) is 5.82 Å². The Morgan fingerprint density at radius 1 is 1.00 bits per heavy atom. The van der Waals surface area contributed by atoms with E-state index in [2.05, 4.69) is 34.6 Å². The van der Waals surface area contributed by atoms with E-state index in [9.17, 15) is 10.1 Å². The Balaban J connectivity index is 1.48. The first-order valence-electron chi connectivity index (χ1n) is 8.70. The third kappa shape index (κ3) is 4.95. The van der Waals surface area contributed by atoms with Crippen molar-refractivity contribution in [3.63, 3.8) is 0 Å². The summed E-state index contributed by atoms with van der Waals surface area (Å²) in [6.07, 6.45) is 3.30. The number of unbranched alkanes of at least 4 members (excludes halogenated alkanes) is 2. The van der Waals surface area contributed by atoms with Crippen LogP contribution in [0.4, 0.5) is 11.5 Å². The summed E-state index contributed by atoms with van der Waals surface area (Å²) in [4.78, 5) is 16.0. The molecule has 1 heterocycles. The van der Waals surface area contributed by atoms with Gasteiger partial charge in [-0.2, -0.15) is 0 Å². The highest BCUT2D eigenvalue weighted by Gasteiger charge is 2.14. The first-order chi connectivity index (χ1) is 12.7. The van der Waals surface area contributed by atoms with Crippen molar-refractivity contribution in [3.05, 3.63) is 70.8 Å². The number of anilines is 1. The molecule has 3 rings (SSSR count).